The molecule has 2 rings (SSSR count). The van der Waals surface area contributed by atoms with Gasteiger partial charge in [0, 0.05) is 10.6 Å². The normalized spacial score (nSPS) is 10.3. The quantitative estimate of drug-likeness (QED) is 0.898. The first-order chi connectivity index (χ1) is 9.60. The Balaban J connectivity index is 2.04. The van der Waals surface area contributed by atoms with E-state index in [1.54, 1.807) is 6.07 Å². The number of aryl methyl sites for hydroxylation is 1. The van der Waals surface area contributed by atoms with E-state index in [0.29, 0.717) is 11.6 Å². The molecular formula is C16H15ClO3. The number of aromatic carboxylic acids is 1. The van der Waals surface area contributed by atoms with Crippen LogP contribution in [0.4, 0.5) is 0 Å². The predicted octanol–water partition coefficient (Wildman–Crippen LogP) is 4.18. The number of benzene rings is 2. The molecule has 1 N–H and O–H groups in total. The Hall–Kier alpha value is -2.00. The number of hydrogen-bond acceptors (Lipinski definition) is 2. The van der Waals surface area contributed by atoms with Crippen molar-refractivity contribution in [2.24, 2.45) is 0 Å². The second-order valence-corrected chi connectivity index (χ2v) is 4.80. The molecule has 20 heavy (non-hydrogen) atoms. The van der Waals surface area contributed by atoms with Crippen molar-refractivity contribution in [2.45, 2.75) is 20.0 Å². The van der Waals surface area contributed by atoms with Gasteiger partial charge < -0.3 is 9.84 Å². The van der Waals surface area contributed by atoms with Crippen LogP contribution in [0.5, 0.6) is 5.75 Å². The van der Waals surface area contributed by atoms with Crippen LogP contribution in [0.2, 0.25) is 5.02 Å². The molecule has 0 amide bonds. The summed E-state index contributed by atoms with van der Waals surface area (Å²) in [4.78, 5) is 10.8. The van der Waals surface area contributed by atoms with Crippen molar-refractivity contribution in [3.8, 4) is 5.75 Å². The molecular weight excluding hydrogens is 276 g/mol. The maximum absolute atomic E-state index is 10.8. The smallest absolute Gasteiger partial charge is 0.335 e. The zero-order valence-electron chi connectivity index (χ0n) is 11.1. The summed E-state index contributed by atoms with van der Waals surface area (Å²) in [5.41, 5.74) is 2.18. The van der Waals surface area contributed by atoms with Crippen LogP contribution in [0.3, 0.4) is 0 Å². The number of hydrogen-bond donors (Lipinski definition) is 1. The lowest BCUT2D eigenvalue weighted by atomic mass is 10.1. The zero-order chi connectivity index (χ0) is 14.5. The summed E-state index contributed by atoms with van der Waals surface area (Å²) in [5, 5.41) is 9.27. The number of carboxylic acid groups (broad SMARTS) is 1. The maximum Gasteiger partial charge on any atom is 0.335 e. The highest BCUT2D eigenvalue weighted by molar-refractivity contribution is 6.31. The molecule has 0 saturated heterocycles. The number of rotatable bonds is 5. The summed E-state index contributed by atoms with van der Waals surface area (Å²) in [6.45, 7) is 2.41. The van der Waals surface area contributed by atoms with E-state index in [2.05, 4.69) is 6.92 Å². The van der Waals surface area contributed by atoms with Crippen LogP contribution in [0.25, 0.3) is 0 Å². The van der Waals surface area contributed by atoms with Crippen LogP contribution in [-0.2, 0) is 13.0 Å². The number of ether oxygens (including phenoxy) is 1. The molecule has 0 bridgehead atoms. The highest BCUT2D eigenvalue weighted by Gasteiger charge is 2.07. The second kappa shape index (κ2) is 6.44. The molecule has 104 valence electrons. The minimum atomic E-state index is -0.991. The van der Waals surface area contributed by atoms with E-state index in [9.17, 15) is 4.79 Å². The molecule has 0 atom stereocenters. The van der Waals surface area contributed by atoms with Gasteiger partial charge >= 0.3 is 5.97 Å². The second-order valence-electron chi connectivity index (χ2n) is 4.40. The van der Waals surface area contributed by atoms with Gasteiger partial charge in [-0.1, -0.05) is 36.7 Å². The number of halogens is 1. The van der Waals surface area contributed by atoms with Gasteiger partial charge in [0.15, 0.2) is 0 Å². The molecule has 2 aromatic carbocycles. The molecule has 0 spiro atoms. The van der Waals surface area contributed by atoms with Crippen molar-refractivity contribution >= 4 is 17.6 Å². The molecule has 0 aliphatic heterocycles. The van der Waals surface area contributed by atoms with E-state index in [1.165, 1.54) is 17.7 Å². The number of carboxylic acids is 1. The van der Waals surface area contributed by atoms with Crippen LogP contribution in [0.15, 0.2) is 42.5 Å². The van der Waals surface area contributed by atoms with Gasteiger partial charge in [-0.05, 0) is 36.2 Å². The summed E-state index contributed by atoms with van der Waals surface area (Å²) >= 11 is 6.04. The molecule has 0 heterocycles. The summed E-state index contributed by atoms with van der Waals surface area (Å²) in [6.07, 6.45) is 0.989. The van der Waals surface area contributed by atoms with Crippen molar-refractivity contribution in [1.82, 2.24) is 0 Å². The topological polar surface area (TPSA) is 46.5 Å². The van der Waals surface area contributed by atoms with Crippen molar-refractivity contribution in [1.29, 1.82) is 0 Å². The predicted molar refractivity (Wildman–Crippen MR) is 78.6 cm³/mol. The fourth-order valence-corrected chi connectivity index (χ4v) is 2.01. The first-order valence-electron chi connectivity index (χ1n) is 6.33. The van der Waals surface area contributed by atoms with E-state index in [0.717, 1.165) is 17.7 Å². The summed E-state index contributed by atoms with van der Waals surface area (Å²) < 4.78 is 5.64. The fraction of sp³-hybridized carbons (Fsp3) is 0.188. The SMILES string of the molecule is CCc1ccc(OCc2ccc(C(=O)O)cc2Cl)cc1. The Kier molecular flexibility index (Phi) is 4.64. The first-order valence-corrected chi connectivity index (χ1v) is 6.71. The molecule has 0 fully saturated rings. The van der Waals surface area contributed by atoms with Crippen molar-refractivity contribution in [3.63, 3.8) is 0 Å². The maximum atomic E-state index is 10.8. The monoisotopic (exact) mass is 290 g/mol. The minimum absolute atomic E-state index is 0.172. The van der Waals surface area contributed by atoms with Gasteiger partial charge in [0.1, 0.15) is 12.4 Å². The molecule has 0 saturated carbocycles. The van der Waals surface area contributed by atoms with Gasteiger partial charge in [0.25, 0.3) is 0 Å². The lowest BCUT2D eigenvalue weighted by Gasteiger charge is -2.09. The lowest BCUT2D eigenvalue weighted by molar-refractivity contribution is 0.0697. The van der Waals surface area contributed by atoms with Gasteiger partial charge in [-0.2, -0.15) is 0 Å². The zero-order valence-corrected chi connectivity index (χ0v) is 11.9. The van der Waals surface area contributed by atoms with Crippen LogP contribution in [-0.4, -0.2) is 11.1 Å². The molecule has 0 unspecified atom stereocenters. The lowest BCUT2D eigenvalue weighted by Crippen LogP contribution is -2.00. The van der Waals surface area contributed by atoms with Gasteiger partial charge in [-0.3, -0.25) is 0 Å². The van der Waals surface area contributed by atoms with Gasteiger partial charge in [0.05, 0.1) is 5.56 Å². The highest BCUT2D eigenvalue weighted by atomic mass is 35.5. The Labute approximate surface area is 122 Å². The van der Waals surface area contributed by atoms with Crippen molar-refractivity contribution < 1.29 is 14.6 Å². The Morgan fingerprint density at radius 2 is 1.90 bits per heavy atom. The first kappa shape index (κ1) is 14.4. The fourth-order valence-electron chi connectivity index (χ4n) is 1.78. The highest BCUT2D eigenvalue weighted by Crippen LogP contribution is 2.21. The van der Waals surface area contributed by atoms with E-state index >= 15 is 0 Å². The average Bonchev–Trinajstić information content (AvgIpc) is 2.46. The molecule has 0 aromatic heterocycles. The third-order valence-corrected chi connectivity index (χ3v) is 3.38. The average molecular weight is 291 g/mol. The van der Waals surface area contributed by atoms with E-state index < -0.39 is 5.97 Å². The minimum Gasteiger partial charge on any atom is -0.489 e. The third kappa shape index (κ3) is 3.52. The van der Waals surface area contributed by atoms with Gasteiger partial charge in [-0.25, -0.2) is 4.79 Å². The van der Waals surface area contributed by atoms with Gasteiger partial charge in [-0.15, -0.1) is 0 Å². The largest absolute Gasteiger partial charge is 0.489 e. The molecule has 0 radical (unpaired) electrons. The van der Waals surface area contributed by atoms with Crippen molar-refractivity contribution in [2.75, 3.05) is 0 Å². The summed E-state index contributed by atoms with van der Waals surface area (Å²) in [5.74, 6) is -0.227. The van der Waals surface area contributed by atoms with E-state index in [1.807, 2.05) is 24.3 Å². The Bertz CT molecular complexity index is 606. The van der Waals surface area contributed by atoms with Gasteiger partial charge in [0.2, 0.25) is 0 Å². The van der Waals surface area contributed by atoms with Crippen LogP contribution < -0.4 is 4.74 Å². The van der Waals surface area contributed by atoms with Crippen LogP contribution >= 0.6 is 11.6 Å². The third-order valence-electron chi connectivity index (χ3n) is 3.03. The van der Waals surface area contributed by atoms with Crippen molar-refractivity contribution in [3.05, 3.63) is 64.2 Å². The van der Waals surface area contributed by atoms with E-state index in [4.69, 9.17) is 21.4 Å². The summed E-state index contributed by atoms with van der Waals surface area (Å²) in [7, 11) is 0. The number of carbonyl (C=O) groups is 1. The molecule has 3 nitrogen and oxygen atoms in total. The molecule has 4 heteroatoms. The van der Waals surface area contributed by atoms with Crippen LogP contribution in [0.1, 0.15) is 28.4 Å². The Morgan fingerprint density at radius 3 is 2.45 bits per heavy atom. The standard InChI is InChI=1S/C16H15ClO3/c1-2-11-3-7-14(8-4-11)20-10-13-6-5-12(16(18)19)9-15(13)17/h3-9H,2,10H2,1H3,(H,18,19). The summed E-state index contributed by atoms with van der Waals surface area (Å²) in [6, 6.07) is 12.5. The Morgan fingerprint density at radius 1 is 1.20 bits per heavy atom. The van der Waals surface area contributed by atoms with E-state index in [-0.39, 0.29) is 5.56 Å². The molecule has 0 aliphatic rings. The molecule has 2 aromatic rings. The molecule has 0 aliphatic carbocycles. The van der Waals surface area contributed by atoms with Crippen LogP contribution in [0, 0.1) is 0 Å².